The van der Waals surface area contributed by atoms with Gasteiger partial charge in [-0.15, -0.1) is 5.10 Å². The van der Waals surface area contributed by atoms with Crippen molar-refractivity contribution in [2.24, 2.45) is 0 Å². The van der Waals surface area contributed by atoms with Crippen molar-refractivity contribution >= 4 is 31.1 Å². The number of nitrogens with zero attached hydrogens (tertiary/aromatic N) is 5. The number of pyridine rings is 1. The molecule has 0 saturated carbocycles. The highest BCUT2D eigenvalue weighted by Gasteiger charge is 2.19. The van der Waals surface area contributed by atoms with Crippen molar-refractivity contribution in [3.8, 4) is 11.8 Å². The van der Waals surface area contributed by atoms with Gasteiger partial charge in [0.15, 0.2) is 0 Å². The summed E-state index contributed by atoms with van der Waals surface area (Å²) in [7, 11) is 5.57. The monoisotopic (exact) mass is 326 g/mol. The Morgan fingerprint density at radius 2 is 2.20 bits per heavy atom. The van der Waals surface area contributed by atoms with Crippen LogP contribution in [0.3, 0.4) is 0 Å². The first-order valence-electron chi connectivity index (χ1n) is 7.23. The minimum atomic E-state index is -0.546. The molecule has 25 heavy (non-hydrogen) atoms. The molecule has 0 atom stereocenters. The lowest BCUT2D eigenvalue weighted by atomic mass is 9.99. The van der Waals surface area contributed by atoms with E-state index in [1.165, 1.54) is 10.9 Å². The van der Waals surface area contributed by atoms with Crippen LogP contribution in [0.4, 0.5) is 5.82 Å². The molecule has 1 N–H and O–H groups in total. The van der Waals surface area contributed by atoms with Gasteiger partial charge in [-0.1, -0.05) is 36.3 Å². The van der Waals surface area contributed by atoms with Crippen LogP contribution in [0.1, 0.15) is 22.0 Å². The maximum absolute atomic E-state index is 12.5. The average molecular weight is 326 g/mol. The highest BCUT2D eigenvalue weighted by atomic mass is 16.2. The van der Waals surface area contributed by atoms with Crippen LogP contribution in [0.25, 0.3) is 11.8 Å². The van der Waals surface area contributed by atoms with E-state index in [0.717, 1.165) is 5.56 Å². The van der Waals surface area contributed by atoms with E-state index in [2.05, 4.69) is 27.0 Å². The Kier molecular flexibility index (Phi) is 4.39. The smallest absolute Gasteiger partial charge is 0.294 e. The Bertz CT molecular complexity index is 987. The number of aromatic nitrogens is 4. The second-order valence-electron chi connectivity index (χ2n) is 5.01. The van der Waals surface area contributed by atoms with Gasteiger partial charge in [-0.3, -0.25) is 4.79 Å². The van der Waals surface area contributed by atoms with Crippen molar-refractivity contribution in [1.29, 1.82) is 5.26 Å². The fourth-order valence-corrected chi connectivity index (χ4v) is 2.12. The number of amides is 1. The molecule has 0 bridgehead atoms. The fraction of sp³-hybridized carbons (Fsp3) is 0. The normalized spacial score (nSPS) is 10.0. The van der Waals surface area contributed by atoms with Crippen LogP contribution in [0.5, 0.6) is 0 Å². The molecule has 0 aliphatic rings. The van der Waals surface area contributed by atoms with Gasteiger partial charge >= 0.3 is 0 Å². The molecule has 2 radical (unpaired) electrons. The predicted molar refractivity (Wildman–Crippen MR) is 93.7 cm³/mol. The van der Waals surface area contributed by atoms with Crippen LogP contribution in [-0.4, -0.2) is 33.5 Å². The molecule has 0 fully saturated rings. The van der Waals surface area contributed by atoms with Crippen LogP contribution in [-0.2, 0) is 0 Å². The number of nitrogens with one attached hydrogen (secondary N) is 1. The second kappa shape index (κ2) is 6.80. The molecular weight excluding hydrogens is 315 g/mol. The second-order valence-corrected chi connectivity index (χ2v) is 5.01. The SMILES string of the molecule is [B]c1ccc(NC(=O)c2nc(C#N)nn2-c2cccc(C=C)c2)nc1. The summed E-state index contributed by atoms with van der Waals surface area (Å²) in [5.41, 5.74) is 1.91. The van der Waals surface area contributed by atoms with E-state index in [-0.39, 0.29) is 11.6 Å². The lowest BCUT2D eigenvalue weighted by Gasteiger charge is -2.07. The number of rotatable bonds is 4. The molecule has 0 unspecified atom stereocenters. The number of nitriles is 1. The summed E-state index contributed by atoms with van der Waals surface area (Å²) in [5, 5.41) is 15.7. The van der Waals surface area contributed by atoms with Crippen LogP contribution in [0, 0.1) is 11.3 Å². The molecule has 0 aliphatic heterocycles. The summed E-state index contributed by atoms with van der Waals surface area (Å²) in [6, 6.07) is 12.2. The van der Waals surface area contributed by atoms with Gasteiger partial charge in [0.2, 0.25) is 5.82 Å². The zero-order chi connectivity index (χ0) is 17.8. The van der Waals surface area contributed by atoms with Crippen LogP contribution < -0.4 is 10.8 Å². The fourth-order valence-electron chi connectivity index (χ4n) is 2.12. The minimum absolute atomic E-state index is 0.0311. The standard InChI is InChI=1S/C17H11BN6O/c1-2-11-4-3-5-13(8-11)24-16(21-15(9-19)23-24)17(25)22-14-7-6-12(18)10-20-14/h2-8,10H,1H2,(H,20,22,25). The maximum atomic E-state index is 12.5. The van der Waals surface area contributed by atoms with Gasteiger partial charge in [0.05, 0.1) is 5.69 Å². The predicted octanol–water partition coefficient (Wildman–Crippen LogP) is 1.22. The van der Waals surface area contributed by atoms with Gasteiger partial charge in [0.25, 0.3) is 11.7 Å². The largest absolute Gasteiger partial charge is 0.304 e. The Morgan fingerprint density at radius 1 is 1.36 bits per heavy atom. The molecule has 0 spiro atoms. The van der Waals surface area contributed by atoms with Gasteiger partial charge in [-0.25, -0.2) is 9.67 Å². The first-order valence-corrected chi connectivity index (χ1v) is 7.23. The number of hydrogen-bond donors (Lipinski definition) is 1. The molecule has 1 aromatic carbocycles. The summed E-state index contributed by atoms with van der Waals surface area (Å²) >= 11 is 0. The van der Waals surface area contributed by atoms with Crippen LogP contribution in [0.2, 0.25) is 0 Å². The van der Waals surface area contributed by atoms with Crippen molar-refractivity contribution in [1.82, 2.24) is 19.7 Å². The van der Waals surface area contributed by atoms with Gasteiger partial charge in [-0.2, -0.15) is 10.2 Å². The third-order valence-corrected chi connectivity index (χ3v) is 3.29. The minimum Gasteiger partial charge on any atom is -0.304 e. The summed E-state index contributed by atoms with van der Waals surface area (Å²) in [6.45, 7) is 3.71. The number of carbonyl (C=O) groups excluding carboxylic acids is 1. The molecular formula is C17H11BN6O. The highest BCUT2D eigenvalue weighted by Crippen LogP contribution is 2.14. The molecule has 118 valence electrons. The van der Waals surface area contributed by atoms with Crippen molar-refractivity contribution in [3.63, 3.8) is 0 Å². The number of hydrogen-bond acceptors (Lipinski definition) is 5. The van der Waals surface area contributed by atoms with E-state index in [0.29, 0.717) is 17.0 Å². The van der Waals surface area contributed by atoms with E-state index in [1.807, 2.05) is 12.1 Å². The molecule has 2 aromatic heterocycles. The number of anilines is 1. The van der Waals surface area contributed by atoms with E-state index < -0.39 is 5.91 Å². The number of benzene rings is 1. The van der Waals surface area contributed by atoms with Crippen molar-refractivity contribution < 1.29 is 4.79 Å². The third kappa shape index (κ3) is 3.45. The van der Waals surface area contributed by atoms with Gasteiger partial charge in [0, 0.05) is 6.20 Å². The Hall–Kier alpha value is -3.73. The maximum Gasteiger partial charge on any atom is 0.294 e. The van der Waals surface area contributed by atoms with Crippen LogP contribution in [0.15, 0.2) is 49.2 Å². The first-order chi connectivity index (χ1) is 12.1. The zero-order valence-corrected chi connectivity index (χ0v) is 13.0. The first kappa shape index (κ1) is 16.1. The average Bonchev–Trinajstić information content (AvgIpc) is 3.08. The van der Waals surface area contributed by atoms with E-state index >= 15 is 0 Å². The summed E-state index contributed by atoms with van der Waals surface area (Å²) in [4.78, 5) is 20.5. The Balaban J connectivity index is 1.99. The molecule has 3 aromatic rings. The molecule has 1 amide bonds. The van der Waals surface area contributed by atoms with Crippen LogP contribution >= 0.6 is 0 Å². The molecule has 0 saturated heterocycles. The number of carbonyl (C=O) groups is 1. The topological polar surface area (TPSA) is 96.5 Å². The molecule has 0 aliphatic carbocycles. The summed E-state index contributed by atoms with van der Waals surface area (Å²) < 4.78 is 1.30. The summed E-state index contributed by atoms with van der Waals surface area (Å²) in [5.74, 6) is -0.377. The van der Waals surface area contributed by atoms with Crippen molar-refractivity contribution in [2.75, 3.05) is 5.32 Å². The zero-order valence-electron chi connectivity index (χ0n) is 13.0. The Labute approximate surface area is 145 Å². The third-order valence-electron chi connectivity index (χ3n) is 3.29. The quantitative estimate of drug-likeness (QED) is 0.727. The van der Waals surface area contributed by atoms with Crippen molar-refractivity contribution in [2.45, 2.75) is 0 Å². The van der Waals surface area contributed by atoms with E-state index in [1.54, 1.807) is 36.4 Å². The lowest BCUT2D eigenvalue weighted by molar-refractivity contribution is 0.101. The molecule has 2 heterocycles. The molecule has 3 rings (SSSR count). The van der Waals surface area contributed by atoms with Gasteiger partial charge in [0.1, 0.15) is 19.7 Å². The van der Waals surface area contributed by atoms with Crippen molar-refractivity contribution in [3.05, 3.63) is 66.4 Å². The Morgan fingerprint density at radius 3 is 2.88 bits per heavy atom. The van der Waals surface area contributed by atoms with E-state index in [4.69, 9.17) is 13.1 Å². The van der Waals surface area contributed by atoms with Gasteiger partial charge in [-0.05, 0) is 23.8 Å². The molecule has 8 heteroatoms. The summed E-state index contributed by atoms with van der Waals surface area (Å²) in [6.07, 6.45) is 3.10. The van der Waals surface area contributed by atoms with Gasteiger partial charge < -0.3 is 5.32 Å². The molecule has 7 nitrogen and oxygen atoms in total. The van der Waals surface area contributed by atoms with E-state index in [9.17, 15) is 4.79 Å². The lowest BCUT2D eigenvalue weighted by Crippen LogP contribution is -2.19. The highest BCUT2D eigenvalue weighted by molar-refractivity contribution is 6.32.